The fourth-order valence-electron chi connectivity index (χ4n) is 5.78. The third-order valence-corrected chi connectivity index (χ3v) is 8.33. The molecule has 0 amide bonds. The van der Waals surface area contributed by atoms with E-state index in [0.29, 0.717) is 17.8 Å². The number of nitrogens with two attached hydrogens (primary N) is 1. The van der Waals surface area contributed by atoms with E-state index in [1.807, 2.05) is 24.4 Å². The molecule has 0 bridgehead atoms. The Morgan fingerprint density at radius 2 is 1.65 bits per heavy atom. The molecular formula is C29H29N7S. The Morgan fingerprint density at radius 1 is 0.865 bits per heavy atom. The summed E-state index contributed by atoms with van der Waals surface area (Å²) in [5.41, 5.74) is 12.2. The average molecular weight is 508 g/mol. The predicted molar refractivity (Wildman–Crippen MR) is 151 cm³/mol. The van der Waals surface area contributed by atoms with E-state index in [4.69, 9.17) is 15.7 Å². The van der Waals surface area contributed by atoms with E-state index in [1.165, 1.54) is 0 Å². The minimum Gasteiger partial charge on any atom is -0.382 e. The Balaban J connectivity index is 1.24. The number of piperazine rings is 1. The van der Waals surface area contributed by atoms with E-state index in [0.717, 1.165) is 83.8 Å². The van der Waals surface area contributed by atoms with Crippen LogP contribution in [0.2, 0.25) is 0 Å². The summed E-state index contributed by atoms with van der Waals surface area (Å²) in [6.07, 6.45) is 6.00. The van der Waals surface area contributed by atoms with E-state index in [1.54, 1.807) is 6.20 Å². The molecule has 4 heterocycles. The van der Waals surface area contributed by atoms with E-state index in [-0.39, 0.29) is 0 Å². The topological polar surface area (TPSA) is 75.6 Å². The lowest BCUT2D eigenvalue weighted by Crippen LogP contribution is -2.51. The molecule has 1 saturated carbocycles. The zero-order valence-corrected chi connectivity index (χ0v) is 21.4. The maximum absolute atomic E-state index is 6.43. The first kappa shape index (κ1) is 22.7. The summed E-state index contributed by atoms with van der Waals surface area (Å²) in [6, 6.07) is 21.5. The van der Waals surface area contributed by atoms with Gasteiger partial charge >= 0.3 is 0 Å². The van der Waals surface area contributed by atoms with Gasteiger partial charge in [-0.3, -0.25) is 13.6 Å². The molecule has 1 aliphatic carbocycles. The van der Waals surface area contributed by atoms with Crippen molar-refractivity contribution in [3.8, 4) is 22.5 Å². The number of nitrogens with zero attached hydrogens (tertiary/aromatic N) is 6. The summed E-state index contributed by atoms with van der Waals surface area (Å²) >= 11 is 4.50. The second-order valence-electron chi connectivity index (χ2n) is 10.1. The van der Waals surface area contributed by atoms with Crippen LogP contribution in [0, 0.1) is 0 Å². The van der Waals surface area contributed by atoms with Crippen molar-refractivity contribution in [1.29, 1.82) is 0 Å². The number of aromatic nitrogens is 4. The Morgan fingerprint density at radius 3 is 2.46 bits per heavy atom. The molecule has 1 aliphatic heterocycles. The lowest BCUT2D eigenvalue weighted by atomic mass is 9.78. The molecule has 0 radical (unpaired) electrons. The van der Waals surface area contributed by atoms with Crippen molar-refractivity contribution in [2.45, 2.75) is 24.8 Å². The molecule has 7 nitrogen and oxygen atoms in total. The first-order chi connectivity index (χ1) is 18.1. The van der Waals surface area contributed by atoms with E-state index >= 15 is 0 Å². The minimum absolute atomic E-state index is 0.408. The number of anilines is 1. The molecule has 2 N–H and O–H groups in total. The summed E-state index contributed by atoms with van der Waals surface area (Å²) in [7, 11) is 0. The molecule has 186 valence electrons. The molecule has 2 aliphatic rings. The molecule has 3 aromatic heterocycles. The summed E-state index contributed by atoms with van der Waals surface area (Å²) in [4.78, 5) is 17.2. The van der Waals surface area contributed by atoms with Crippen molar-refractivity contribution in [2.75, 3.05) is 31.9 Å². The maximum Gasteiger partial charge on any atom is 0.150 e. The Hall–Kier alpha value is -3.46. The standard InChI is InChI=1S/C29H29N7S/c30-28-27-26(21-7-6-20-8-9-24(32-25(20)18-21)19-4-2-1-3-5-19)33-29(36(27)11-10-31-28)22-16-23(17-22)34-12-14-35(37)15-13-34/h1-11,18,22-23,37H,12-17H2,(H2,30,31). The van der Waals surface area contributed by atoms with Crippen molar-refractivity contribution in [1.82, 2.24) is 28.6 Å². The van der Waals surface area contributed by atoms with Crippen LogP contribution in [0.4, 0.5) is 5.82 Å². The van der Waals surface area contributed by atoms with Crippen LogP contribution in [0.15, 0.2) is 73.1 Å². The van der Waals surface area contributed by atoms with Crippen LogP contribution in [-0.2, 0) is 0 Å². The second kappa shape index (κ2) is 9.13. The Bertz CT molecular complexity index is 1580. The van der Waals surface area contributed by atoms with Crippen molar-refractivity contribution >= 4 is 35.1 Å². The van der Waals surface area contributed by atoms with Crippen LogP contribution in [0.1, 0.15) is 24.6 Å². The molecule has 5 aromatic rings. The average Bonchev–Trinajstić information content (AvgIpc) is 3.29. The largest absolute Gasteiger partial charge is 0.382 e. The summed E-state index contributed by atoms with van der Waals surface area (Å²) in [6.45, 7) is 4.20. The molecule has 37 heavy (non-hydrogen) atoms. The van der Waals surface area contributed by atoms with Gasteiger partial charge in [0.05, 0.1) is 11.2 Å². The third-order valence-electron chi connectivity index (χ3n) is 7.93. The number of thiol groups is 1. The summed E-state index contributed by atoms with van der Waals surface area (Å²) in [5, 5.41) is 1.10. The fourth-order valence-corrected chi connectivity index (χ4v) is 5.96. The van der Waals surface area contributed by atoms with Crippen LogP contribution in [0.5, 0.6) is 0 Å². The number of imidazole rings is 1. The molecule has 2 aromatic carbocycles. The van der Waals surface area contributed by atoms with Gasteiger partial charge in [-0.15, -0.1) is 0 Å². The first-order valence-corrected chi connectivity index (χ1v) is 13.3. The Labute approximate surface area is 221 Å². The number of pyridine rings is 1. The van der Waals surface area contributed by atoms with Gasteiger partial charge in [0.1, 0.15) is 22.9 Å². The first-order valence-electron chi connectivity index (χ1n) is 12.9. The van der Waals surface area contributed by atoms with Crippen LogP contribution in [-0.4, -0.2) is 60.8 Å². The van der Waals surface area contributed by atoms with Gasteiger partial charge in [0, 0.05) is 67.0 Å². The van der Waals surface area contributed by atoms with Crippen LogP contribution in [0.25, 0.3) is 38.9 Å². The smallest absolute Gasteiger partial charge is 0.150 e. The van der Waals surface area contributed by atoms with Crippen molar-refractivity contribution < 1.29 is 0 Å². The van der Waals surface area contributed by atoms with Crippen LogP contribution >= 0.6 is 12.8 Å². The van der Waals surface area contributed by atoms with E-state index in [2.05, 4.69) is 73.9 Å². The lowest BCUT2D eigenvalue weighted by molar-refractivity contribution is 0.0760. The number of nitrogen functional groups attached to an aromatic ring is 1. The van der Waals surface area contributed by atoms with Crippen molar-refractivity contribution in [3.63, 3.8) is 0 Å². The van der Waals surface area contributed by atoms with Crippen LogP contribution in [0.3, 0.4) is 0 Å². The highest BCUT2D eigenvalue weighted by atomic mass is 32.1. The van der Waals surface area contributed by atoms with E-state index in [9.17, 15) is 0 Å². The second-order valence-corrected chi connectivity index (χ2v) is 10.7. The van der Waals surface area contributed by atoms with Gasteiger partial charge in [0.2, 0.25) is 0 Å². The van der Waals surface area contributed by atoms with Gasteiger partial charge < -0.3 is 5.73 Å². The van der Waals surface area contributed by atoms with Crippen LogP contribution < -0.4 is 5.73 Å². The molecule has 0 unspecified atom stereocenters. The quantitative estimate of drug-likeness (QED) is 0.337. The highest BCUT2D eigenvalue weighted by Crippen LogP contribution is 2.42. The van der Waals surface area contributed by atoms with Crippen molar-refractivity contribution in [3.05, 3.63) is 78.9 Å². The number of hydrogen-bond acceptors (Lipinski definition) is 7. The molecular weight excluding hydrogens is 478 g/mol. The number of rotatable bonds is 4. The maximum atomic E-state index is 6.43. The van der Waals surface area contributed by atoms with Gasteiger partial charge in [0.15, 0.2) is 0 Å². The van der Waals surface area contributed by atoms with Gasteiger partial charge in [-0.2, -0.15) is 0 Å². The highest BCUT2D eigenvalue weighted by Gasteiger charge is 2.38. The lowest BCUT2D eigenvalue weighted by Gasteiger charge is -2.45. The van der Waals surface area contributed by atoms with Crippen molar-refractivity contribution in [2.24, 2.45) is 0 Å². The number of hydrogen-bond donors (Lipinski definition) is 2. The molecule has 0 atom stereocenters. The Kier molecular flexibility index (Phi) is 5.61. The zero-order valence-electron chi connectivity index (χ0n) is 20.5. The molecule has 7 rings (SSSR count). The summed E-state index contributed by atoms with van der Waals surface area (Å²) in [5.74, 6) is 1.99. The fraction of sp³-hybridized carbons (Fsp3) is 0.276. The molecule has 0 spiro atoms. The van der Waals surface area contributed by atoms with Gasteiger partial charge in [0.25, 0.3) is 0 Å². The number of fused-ring (bicyclic) bond motifs is 2. The van der Waals surface area contributed by atoms with Gasteiger partial charge in [-0.1, -0.05) is 61.3 Å². The van der Waals surface area contributed by atoms with E-state index < -0.39 is 0 Å². The highest BCUT2D eigenvalue weighted by molar-refractivity contribution is 7.77. The summed E-state index contributed by atoms with van der Waals surface area (Å²) < 4.78 is 4.26. The number of benzene rings is 2. The predicted octanol–water partition coefficient (Wildman–Crippen LogP) is 4.90. The molecule has 2 fully saturated rings. The minimum atomic E-state index is 0.408. The third kappa shape index (κ3) is 4.05. The SMILES string of the molecule is Nc1nccn2c(C3CC(N4CCN(S)CC4)C3)nc(-c3ccc4ccc(-c5ccccc5)nc4c3)c12. The zero-order chi connectivity index (χ0) is 24.9. The molecule has 1 saturated heterocycles. The van der Waals surface area contributed by atoms with Gasteiger partial charge in [-0.25, -0.2) is 15.0 Å². The normalized spacial score (nSPS) is 20.9. The molecule has 8 heteroatoms. The monoisotopic (exact) mass is 507 g/mol. The van der Waals surface area contributed by atoms with Gasteiger partial charge in [-0.05, 0) is 25.0 Å².